The van der Waals surface area contributed by atoms with E-state index in [4.69, 9.17) is 0 Å². The van der Waals surface area contributed by atoms with Crippen LogP contribution in [0.4, 0.5) is 11.6 Å². The summed E-state index contributed by atoms with van der Waals surface area (Å²) in [4.78, 5) is 20.1. The van der Waals surface area contributed by atoms with Gasteiger partial charge in [0.2, 0.25) is 0 Å². The lowest BCUT2D eigenvalue weighted by molar-refractivity contribution is 1.12. The molecular formula is C7H4N6. The van der Waals surface area contributed by atoms with Gasteiger partial charge in [0.05, 0.1) is 6.34 Å². The molecular weight excluding hydrogens is 168 g/mol. The molecule has 1 N–H and O–H groups in total. The fourth-order valence-corrected chi connectivity index (χ4v) is 1.24. The quantitative estimate of drug-likeness (QED) is 0.626. The maximum absolute atomic E-state index is 4.04. The molecule has 3 rings (SSSR count). The van der Waals surface area contributed by atoms with E-state index in [-0.39, 0.29) is 0 Å². The zero-order valence-corrected chi connectivity index (χ0v) is 6.47. The summed E-state index contributed by atoms with van der Waals surface area (Å²) in [6, 6.07) is 0. The summed E-state index contributed by atoms with van der Waals surface area (Å²) in [6.07, 6.45) is 4.45. The third-order valence-corrected chi connectivity index (χ3v) is 1.80. The second-order valence-corrected chi connectivity index (χ2v) is 2.52. The topological polar surface area (TPSA) is 76.0 Å². The molecule has 62 valence electrons. The Balaban J connectivity index is 2.56. The largest absolute Gasteiger partial charge is 0.330 e. The van der Waals surface area contributed by atoms with Crippen LogP contribution in [0.2, 0.25) is 0 Å². The minimum atomic E-state index is 0.611. The van der Waals surface area contributed by atoms with Crippen molar-refractivity contribution in [2.45, 2.75) is 0 Å². The molecule has 3 heterocycles. The van der Waals surface area contributed by atoms with Crippen LogP contribution in [0.25, 0.3) is 11.0 Å². The monoisotopic (exact) mass is 172 g/mol. The van der Waals surface area contributed by atoms with Crippen LogP contribution >= 0.6 is 0 Å². The lowest BCUT2D eigenvalue weighted by Crippen LogP contribution is -2.04. The minimum absolute atomic E-state index is 0.611. The SMILES string of the molecule is C1=Nc2ncnc3ncnc(c23)N1. The Morgan fingerprint density at radius 2 is 1.85 bits per heavy atom. The van der Waals surface area contributed by atoms with Crippen LogP contribution in [0.15, 0.2) is 17.6 Å². The first-order chi connectivity index (χ1) is 6.45. The second kappa shape index (κ2) is 2.19. The van der Waals surface area contributed by atoms with Gasteiger partial charge in [0.25, 0.3) is 0 Å². The zero-order valence-electron chi connectivity index (χ0n) is 6.47. The van der Waals surface area contributed by atoms with E-state index in [2.05, 4.69) is 30.2 Å². The molecule has 1 aliphatic heterocycles. The molecule has 2 aromatic rings. The van der Waals surface area contributed by atoms with E-state index in [1.807, 2.05) is 0 Å². The van der Waals surface area contributed by atoms with E-state index in [1.165, 1.54) is 12.7 Å². The smallest absolute Gasteiger partial charge is 0.170 e. The lowest BCUT2D eigenvalue weighted by Gasteiger charge is -2.08. The molecule has 0 bridgehead atoms. The van der Waals surface area contributed by atoms with Crippen molar-refractivity contribution in [3.63, 3.8) is 0 Å². The summed E-state index contributed by atoms with van der Waals surface area (Å²) in [6.45, 7) is 0. The number of nitrogens with zero attached hydrogens (tertiary/aromatic N) is 5. The number of hydrogen-bond donors (Lipinski definition) is 1. The average molecular weight is 172 g/mol. The van der Waals surface area contributed by atoms with Crippen LogP contribution in [0.3, 0.4) is 0 Å². The molecule has 0 aromatic carbocycles. The molecule has 0 aliphatic carbocycles. The van der Waals surface area contributed by atoms with Gasteiger partial charge in [-0.3, -0.25) is 0 Å². The summed E-state index contributed by atoms with van der Waals surface area (Å²) in [5.74, 6) is 1.31. The van der Waals surface area contributed by atoms with Gasteiger partial charge in [-0.2, -0.15) is 0 Å². The van der Waals surface area contributed by atoms with Crippen molar-refractivity contribution in [1.29, 1.82) is 0 Å². The zero-order chi connectivity index (χ0) is 8.67. The third kappa shape index (κ3) is 0.792. The van der Waals surface area contributed by atoms with Gasteiger partial charge in [0.1, 0.15) is 23.9 Å². The number of nitrogens with one attached hydrogen (secondary N) is 1. The summed E-state index contributed by atoms with van der Waals surface area (Å²) in [5, 5.41) is 3.67. The molecule has 0 radical (unpaired) electrons. The van der Waals surface area contributed by atoms with Crippen LogP contribution in [-0.2, 0) is 0 Å². The lowest BCUT2D eigenvalue weighted by atomic mass is 10.3. The van der Waals surface area contributed by atoms with Gasteiger partial charge < -0.3 is 5.32 Å². The molecule has 6 nitrogen and oxygen atoms in total. The van der Waals surface area contributed by atoms with Crippen molar-refractivity contribution in [3.8, 4) is 0 Å². The fraction of sp³-hybridized carbons (Fsp3) is 0. The summed E-state index contributed by atoms with van der Waals surface area (Å²) in [7, 11) is 0. The summed E-state index contributed by atoms with van der Waals surface area (Å²) in [5.41, 5.74) is 0.611. The first-order valence-corrected chi connectivity index (χ1v) is 3.70. The van der Waals surface area contributed by atoms with Gasteiger partial charge in [0.15, 0.2) is 11.5 Å². The second-order valence-electron chi connectivity index (χ2n) is 2.52. The van der Waals surface area contributed by atoms with Crippen molar-refractivity contribution in [3.05, 3.63) is 12.7 Å². The average Bonchev–Trinajstić information content (AvgIpc) is 2.19. The maximum atomic E-state index is 4.04. The van der Waals surface area contributed by atoms with E-state index >= 15 is 0 Å². The van der Waals surface area contributed by atoms with Crippen molar-refractivity contribution < 1.29 is 0 Å². The molecule has 1 aliphatic rings. The number of rotatable bonds is 0. The first kappa shape index (κ1) is 6.41. The molecule has 0 amide bonds. The van der Waals surface area contributed by atoms with Crippen molar-refractivity contribution in [2.24, 2.45) is 4.99 Å². The molecule has 0 spiro atoms. The normalized spacial score (nSPS) is 12.9. The van der Waals surface area contributed by atoms with Crippen LogP contribution in [0.1, 0.15) is 0 Å². The van der Waals surface area contributed by atoms with Crippen molar-refractivity contribution >= 4 is 29.0 Å². The summed E-state index contributed by atoms with van der Waals surface area (Å²) < 4.78 is 0. The molecule has 0 atom stereocenters. The highest BCUT2D eigenvalue weighted by Crippen LogP contribution is 2.27. The maximum Gasteiger partial charge on any atom is 0.170 e. The number of hydrogen-bond acceptors (Lipinski definition) is 6. The van der Waals surface area contributed by atoms with Crippen LogP contribution in [0, 0.1) is 0 Å². The third-order valence-electron chi connectivity index (χ3n) is 1.80. The molecule has 2 aromatic heterocycles. The first-order valence-electron chi connectivity index (χ1n) is 3.70. The van der Waals surface area contributed by atoms with E-state index in [0.717, 1.165) is 5.39 Å². The molecule has 0 unspecified atom stereocenters. The Hall–Kier alpha value is -2.11. The minimum Gasteiger partial charge on any atom is -0.330 e. The number of anilines is 1. The Morgan fingerprint density at radius 3 is 2.77 bits per heavy atom. The van der Waals surface area contributed by atoms with Gasteiger partial charge in [-0.15, -0.1) is 0 Å². The molecule has 0 saturated carbocycles. The Morgan fingerprint density at radius 1 is 1.00 bits per heavy atom. The highest BCUT2D eigenvalue weighted by atomic mass is 15.1. The predicted octanol–water partition coefficient (Wildman–Crippen LogP) is 0.505. The Kier molecular flexibility index (Phi) is 1.08. The summed E-state index contributed by atoms with van der Waals surface area (Å²) >= 11 is 0. The van der Waals surface area contributed by atoms with E-state index in [9.17, 15) is 0 Å². The molecule has 0 fully saturated rings. The van der Waals surface area contributed by atoms with Gasteiger partial charge in [-0.1, -0.05) is 0 Å². The van der Waals surface area contributed by atoms with Crippen molar-refractivity contribution in [1.82, 2.24) is 19.9 Å². The van der Waals surface area contributed by atoms with Crippen LogP contribution in [0.5, 0.6) is 0 Å². The number of aromatic nitrogens is 4. The molecule has 0 saturated heterocycles. The van der Waals surface area contributed by atoms with E-state index in [1.54, 1.807) is 6.34 Å². The van der Waals surface area contributed by atoms with Gasteiger partial charge in [-0.05, 0) is 0 Å². The Bertz CT molecular complexity index is 500. The molecule has 6 heteroatoms. The van der Waals surface area contributed by atoms with Gasteiger partial charge >= 0.3 is 0 Å². The van der Waals surface area contributed by atoms with Gasteiger partial charge in [-0.25, -0.2) is 24.9 Å². The predicted molar refractivity (Wildman–Crippen MR) is 46.9 cm³/mol. The van der Waals surface area contributed by atoms with Gasteiger partial charge in [0, 0.05) is 0 Å². The highest BCUT2D eigenvalue weighted by Gasteiger charge is 2.12. The van der Waals surface area contributed by atoms with Crippen LogP contribution in [-0.4, -0.2) is 26.3 Å². The van der Waals surface area contributed by atoms with E-state index < -0.39 is 0 Å². The number of aliphatic imine (C=N–C) groups is 1. The van der Waals surface area contributed by atoms with Crippen molar-refractivity contribution in [2.75, 3.05) is 5.32 Å². The fourth-order valence-electron chi connectivity index (χ4n) is 1.24. The standard InChI is InChI=1S/C7H4N6/c1-8-5-4-6(9-1)11-3-13-7(4)12-2-10-5/h1-3H,(H,8,9,10,11,12,13). The highest BCUT2D eigenvalue weighted by molar-refractivity contribution is 6.02. The molecule has 13 heavy (non-hydrogen) atoms. The van der Waals surface area contributed by atoms with E-state index in [0.29, 0.717) is 17.3 Å². The Labute approximate surface area is 72.8 Å². The van der Waals surface area contributed by atoms with Crippen LogP contribution < -0.4 is 5.32 Å².